The molecule has 0 spiro atoms. The molecule has 2 aromatic carbocycles. The summed E-state index contributed by atoms with van der Waals surface area (Å²) in [5.74, 6) is 0.555. The second-order valence-electron chi connectivity index (χ2n) is 8.32. The van der Waals surface area contributed by atoms with Gasteiger partial charge < -0.3 is 10.1 Å². The highest BCUT2D eigenvalue weighted by Crippen LogP contribution is 2.18. The van der Waals surface area contributed by atoms with Crippen molar-refractivity contribution in [3.05, 3.63) is 70.0 Å². The van der Waals surface area contributed by atoms with Crippen LogP contribution in [0, 0.1) is 11.7 Å². The molecular weight excluding hydrogens is 422 g/mol. The van der Waals surface area contributed by atoms with Gasteiger partial charge in [-0.1, -0.05) is 48.0 Å². The Labute approximate surface area is 193 Å². The summed E-state index contributed by atoms with van der Waals surface area (Å²) in [6, 6.07) is 16.3. The lowest BCUT2D eigenvalue weighted by Gasteiger charge is -2.31. The van der Waals surface area contributed by atoms with Crippen molar-refractivity contribution in [1.29, 1.82) is 0 Å². The summed E-state index contributed by atoms with van der Waals surface area (Å²) in [4.78, 5) is 15.1. The van der Waals surface area contributed by atoms with Crippen LogP contribution in [0.5, 0.6) is 0 Å². The minimum Gasteiger partial charge on any atom is -0.376 e. The molecule has 1 saturated heterocycles. The third-order valence-corrected chi connectivity index (χ3v) is 5.86. The largest absolute Gasteiger partial charge is 0.376 e. The van der Waals surface area contributed by atoms with Crippen molar-refractivity contribution in [2.75, 3.05) is 19.7 Å². The SMILES string of the molecule is Cc1cccc(-c2n[nH]c(=S)n2CC(=O)NCc2cccc(CN3CCOC(C)C3)c2)c1. The van der Waals surface area contributed by atoms with Crippen LogP contribution in [-0.2, 0) is 29.2 Å². The van der Waals surface area contributed by atoms with Crippen LogP contribution in [0.3, 0.4) is 0 Å². The molecule has 3 aromatic rings. The van der Waals surface area contributed by atoms with E-state index >= 15 is 0 Å². The Morgan fingerprint density at radius 1 is 1.25 bits per heavy atom. The molecule has 0 bridgehead atoms. The first-order valence-corrected chi connectivity index (χ1v) is 11.3. The van der Waals surface area contributed by atoms with E-state index in [9.17, 15) is 4.79 Å². The van der Waals surface area contributed by atoms with Crippen molar-refractivity contribution >= 4 is 18.1 Å². The summed E-state index contributed by atoms with van der Waals surface area (Å²) in [6.45, 7) is 8.26. The first-order chi connectivity index (χ1) is 15.5. The van der Waals surface area contributed by atoms with Crippen LogP contribution < -0.4 is 5.32 Å². The van der Waals surface area contributed by atoms with Crippen molar-refractivity contribution in [2.45, 2.75) is 39.6 Å². The maximum Gasteiger partial charge on any atom is 0.240 e. The van der Waals surface area contributed by atoms with Crippen LogP contribution in [0.25, 0.3) is 11.4 Å². The number of rotatable bonds is 7. The summed E-state index contributed by atoms with van der Waals surface area (Å²) in [7, 11) is 0. The van der Waals surface area contributed by atoms with Gasteiger partial charge in [0, 0.05) is 31.7 Å². The zero-order valence-corrected chi connectivity index (χ0v) is 19.3. The number of morpholine rings is 1. The van der Waals surface area contributed by atoms with E-state index < -0.39 is 0 Å². The van der Waals surface area contributed by atoms with Crippen LogP contribution in [-0.4, -0.2) is 51.4 Å². The van der Waals surface area contributed by atoms with Crippen LogP contribution in [0.2, 0.25) is 0 Å². The molecule has 8 heteroatoms. The van der Waals surface area contributed by atoms with E-state index in [4.69, 9.17) is 17.0 Å². The Hall–Kier alpha value is -2.81. The van der Waals surface area contributed by atoms with Gasteiger partial charge in [0.1, 0.15) is 6.54 Å². The topological polar surface area (TPSA) is 75.2 Å². The summed E-state index contributed by atoms with van der Waals surface area (Å²) >= 11 is 5.36. The van der Waals surface area contributed by atoms with Crippen LogP contribution in [0.15, 0.2) is 48.5 Å². The quantitative estimate of drug-likeness (QED) is 0.538. The standard InChI is InChI=1S/C24H29N5O2S/c1-17-5-3-8-21(11-17)23-26-27-24(32)29(23)16-22(30)25-13-19-6-4-7-20(12-19)15-28-9-10-31-18(2)14-28/h3-8,11-12,18H,9-10,13-16H2,1-2H3,(H,25,30)(H,27,32). The van der Waals surface area contributed by atoms with Gasteiger partial charge in [-0.3, -0.25) is 19.4 Å². The minimum absolute atomic E-state index is 0.108. The third kappa shape index (κ3) is 5.70. The van der Waals surface area contributed by atoms with E-state index in [0.29, 0.717) is 17.1 Å². The molecule has 1 atom stereocenters. The highest BCUT2D eigenvalue weighted by Gasteiger charge is 2.17. The lowest BCUT2D eigenvalue weighted by atomic mass is 10.1. The summed E-state index contributed by atoms with van der Waals surface area (Å²) in [6.07, 6.45) is 0.269. The smallest absolute Gasteiger partial charge is 0.240 e. The van der Waals surface area contributed by atoms with Gasteiger partial charge in [-0.25, -0.2) is 0 Å². The number of ether oxygens (including phenoxy) is 1. The molecule has 2 N–H and O–H groups in total. The monoisotopic (exact) mass is 451 g/mol. The Balaban J connectivity index is 1.37. The lowest BCUT2D eigenvalue weighted by molar-refractivity contribution is -0.121. The number of aromatic amines is 1. The zero-order valence-electron chi connectivity index (χ0n) is 18.5. The maximum atomic E-state index is 12.7. The Morgan fingerprint density at radius 2 is 2.06 bits per heavy atom. The van der Waals surface area contributed by atoms with Gasteiger partial charge in [-0.15, -0.1) is 0 Å². The number of nitrogens with one attached hydrogen (secondary N) is 2. The Kier molecular flexibility index (Phi) is 7.14. The number of hydrogen-bond acceptors (Lipinski definition) is 5. The molecule has 168 valence electrons. The van der Waals surface area contributed by atoms with Gasteiger partial charge in [-0.2, -0.15) is 5.10 Å². The van der Waals surface area contributed by atoms with E-state index in [1.807, 2.05) is 43.3 Å². The third-order valence-electron chi connectivity index (χ3n) is 5.55. The minimum atomic E-state index is -0.108. The van der Waals surface area contributed by atoms with Gasteiger partial charge in [0.25, 0.3) is 0 Å². The number of amides is 1. The van der Waals surface area contributed by atoms with Crippen molar-refractivity contribution in [1.82, 2.24) is 25.0 Å². The fourth-order valence-corrected chi connectivity index (χ4v) is 4.20. The van der Waals surface area contributed by atoms with Gasteiger partial charge in [0.2, 0.25) is 5.91 Å². The first kappa shape index (κ1) is 22.4. The van der Waals surface area contributed by atoms with Crippen molar-refractivity contribution in [2.24, 2.45) is 0 Å². The maximum absolute atomic E-state index is 12.7. The Bertz CT molecular complexity index is 1140. The van der Waals surface area contributed by atoms with Crippen LogP contribution >= 0.6 is 12.2 Å². The number of aryl methyl sites for hydroxylation is 1. The molecule has 1 unspecified atom stereocenters. The summed E-state index contributed by atoms with van der Waals surface area (Å²) < 4.78 is 7.78. The normalized spacial score (nSPS) is 16.8. The number of nitrogens with zero attached hydrogens (tertiary/aromatic N) is 3. The van der Waals surface area contributed by atoms with Crippen molar-refractivity contribution in [3.63, 3.8) is 0 Å². The molecule has 1 aliphatic rings. The lowest BCUT2D eigenvalue weighted by Crippen LogP contribution is -2.40. The number of H-pyrrole nitrogens is 1. The number of benzene rings is 2. The fraction of sp³-hybridized carbons (Fsp3) is 0.375. The Morgan fingerprint density at radius 3 is 2.88 bits per heavy atom. The molecule has 0 saturated carbocycles. The van der Waals surface area contributed by atoms with E-state index in [0.717, 1.165) is 42.9 Å². The predicted octanol–water partition coefficient (Wildman–Crippen LogP) is 3.45. The van der Waals surface area contributed by atoms with Crippen LogP contribution in [0.4, 0.5) is 0 Å². The molecular formula is C24H29N5O2S. The first-order valence-electron chi connectivity index (χ1n) is 10.9. The molecule has 1 amide bonds. The van der Waals surface area contributed by atoms with E-state index in [-0.39, 0.29) is 18.6 Å². The second kappa shape index (κ2) is 10.2. The molecule has 0 aliphatic carbocycles. The highest BCUT2D eigenvalue weighted by atomic mass is 32.1. The van der Waals surface area contributed by atoms with Gasteiger partial charge in [-0.05, 0) is 43.3 Å². The summed E-state index contributed by atoms with van der Waals surface area (Å²) in [5.41, 5.74) is 4.37. The predicted molar refractivity (Wildman–Crippen MR) is 127 cm³/mol. The van der Waals surface area contributed by atoms with Crippen molar-refractivity contribution < 1.29 is 9.53 Å². The molecule has 32 heavy (non-hydrogen) atoms. The summed E-state index contributed by atoms with van der Waals surface area (Å²) in [5, 5.41) is 10.1. The fourth-order valence-electron chi connectivity index (χ4n) is 4.00. The van der Waals surface area contributed by atoms with Gasteiger partial charge in [0.15, 0.2) is 10.6 Å². The zero-order chi connectivity index (χ0) is 22.5. The molecule has 0 radical (unpaired) electrons. The van der Waals surface area contributed by atoms with Crippen LogP contribution in [0.1, 0.15) is 23.6 Å². The average Bonchev–Trinajstić information content (AvgIpc) is 3.13. The number of carbonyl (C=O) groups excluding carboxylic acids is 1. The molecule has 1 aromatic heterocycles. The number of carbonyl (C=O) groups is 1. The molecule has 7 nitrogen and oxygen atoms in total. The van der Waals surface area contributed by atoms with E-state index in [1.165, 1.54) is 5.56 Å². The van der Waals surface area contributed by atoms with Gasteiger partial charge >= 0.3 is 0 Å². The molecule has 2 heterocycles. The van der Waals surface area contributed by atoms with E-state index in [1.54, 1.807) is 4.57 Å². The highest BCUT2D eigenvalue weighted by molar-refractivity contribution is 7.71. The van der Waals surface area contributed by atoms with Crippen molar-refractivity contribution in [3.8, 4) is 11.4 Å². The average molecular weight is 452 g/mol. The number of aromatic nitrogens is 3. The number of hydrogen-bond donors (Lipinski definition) is 2. The molecule has 1 fully saturated rings. The molecule has 4 rings (SSSR count). The molecule has 1 aliphatic heterocycles. The van der Waals surface area contributed by atoms with Gasteiger partial charge in [0.05, 0.1) is 12.7 Å². The van der Waals surface area contributed by atoms with E-state index in [2.05, 4.69) is 39.5 Å². The second-order valence-corrected chi connectivity index (χ2v) is 8.71.